The topological polar surface area (TPSA) is 78.4 Å². The number of aliphatic hydroxyl groups excluding tert-OH is 1. The molecule has 3 N–H and O–H groups in total. The van der Waals surface area contributed by atoms with Gasteiger partial charge >= 0.3 is 0 Å². The average molecular weight is 294 g/mol. The van der Waals surface area contributed by atoms with E-state index in [1.165, 1.54) is 24.3 Å². The largest absolute Gasteiger partial charge is 0.396 e. The summed E-state index contributed by atoms with van der Waals surface area (Å²) in [6.07, 6.45) is 2.84. The lowest BCUT2D eigenvalue weighted by atomic mass is 10.1. The Bertz CT molecular complexity index is 500. The maximum Gasteiger partial charge on any atom is 0.248 e. The zero-order valence-electron chi connectivity index (χ0n) is 11.8. The van der Waals surface area contributed by atoms with E-state index in [1.807, 2.05) is 6.92 Å². The molecule has 1 aromatic rings. The quantitative estimate of drug-likeness (QED) is 0.666. The first-order valence-electron chi connectivity index (χ1n) is 6.64. The van der Waals surface area contributed by atoms with Crippen molar-refractivity contribution in [1.29, 1.82) is 0 Å². The van der Waals surface area contributed by atoms with Gasteiger partial charge in [0.2, 0.25) is 11.8 Å². The molecule has 0 saturated carbocycles. The standard InChI is InChI=1S/C15H19FN2O3/c1-11(8-9-19)10-17-14(20)6-7-15(21)18-13-4-2-12(16)3-5-13/h2-7,11,19H,8-10H2,1H3,(H,17,20)(H,18,21)/b7-6+. The van der Waals surface area contributed by atoms with Crippen LogP contribution < -0.4 is 10.6 Å². The second-order valence-corrected chi connectivity index (χ2v) is 4.69. The number of carbonyl (C=O) groups is 2. The summed E-state index contributed by atoms with van der Waals surface area (Å²) in [5.74, 6) is -1.07. The summed E-state index contributed by atoms with van der Waals surface area (Å²) in [6, 6.07) is 5.32. The molecule has 6 heteroatoms. The molecule has 1 aromatic carbocycles. The number of rotatable bonds is 7. The van der Waals surface area contributed by atoms with E-state index in [1.54, 1.807) is 0 Å². The first-order valence-corrected chi connectivity index (χ1v) is 6.64. The lowest BCUT2D eigenvalue weighted by Gasteiger charge is -2.09. The molecule has 1 atom stereocenters. The van der Waals surface area contributed by atoms with Crippen molar-refractivity contribution in [2.45, 2.75) is 13.3 Å². The third-order valence-corrected chi connectivity index (χ3v) is 2.74. The molecular weight excluding hydrogens is 275 g/mol. The summed E-state index contributed by atoms with van der Waals surface area (Å²) >= 11 is 0. The van der Waals surface area contributed by atoms with Crippen LogP contribution in [0.5, 0.6) is 0 Å². The molecule has 0 saturated heterocycles. The van der Waals surface area contributed by atoms with Crippen LogP contribution >= 0.6 is 0 Å². The monoisotopic (exact) mass is 294 g/mol. The van der Waals surface area contributed by atoms with Gasteiger partial charge in [-0.05, 0) is 36.6 Å². The van der Waals surface area contributed by atoms with Gasteiger partial charge in [-0.1, -0.05) is 6.92 Å². The Morgan fingerprint density at radius 3 is 2.48 bits per heavy atom. The van der Waals surface area contributed by atoms with Gasteiger partial charge in [0.25, 0.3) is 0 Å². The maximum atomic E-state index is 12.7. The molecule has 5 nitrogen and oxygen atoms in total. The van der Waals surface area contributed by atoms with E-state index in [0.29, 0.717) is 18.7 Å². The summed E-state index contributed by atoms with van der Waals surface area (Å²) in [7, 11) is 0. The van der Waals surface area contributed by atoms with Crippen LogP contribution in [0.15, 0.2) is 36.4 Å². The smallest absolute Gasteiger partial charge is 0.248 e. The number of hydrogen-bond acceptors (Lipinski definition) is 3. The molecule has 0 spiro atoms. The molecule has 0 aliphatic heterocycles. The first kappa shape index (κ1) is 16.8. The van der Waals surface area contributed by atoms with Crippen molar-refractivity contribution in [3.63, 3.8) is 0 Å². The van der Waals surface area contributed by atoms with Crippen molar-refractivity contribution in [3.8, 4) is 0 Å². The lowest BCUT2D eigenvalue weighted by Crippen LogP contribution is -2.27. The minimum Gasteiger partial charge on any atom is -0.396 e. The minimum absolute atomic E-state index is 0.0763. The second kappa shape index (κ2) is 8.86. The number of halogens is 1. The maximum absolute atomic E-state index is 12.7. The molecule has 0 aliphatic rings. The Hall–Kier alpha value is -2.21. The third kappa shape index (κ3) is 7.22. The van der Waals surface area contributed by atoms with Crippen LogP contribution in [0.25, 0.3) is 0 Å². The molecule has 0 bridgehead atoms. The van der Waals surface area contributed by atoms with Gasteiger partial charge in [0, 0.05) is 31.0 Å². The van der Waals surface area contributed by atoms with Crippen molar-refractivity contribution in [3.05, 3.63) is 42.2 Å². The summed E-state index contributed by atoms with van der Waals surface area (Å²) in [5, 5.41) is 13.9. The van der Waals surface area contributed by atoms with Gasteiger partial charge in [-0.2, -0.15) is 0 Å². The van der Waals surface area contributed by atoms with Crippen LogP contribution in [0, 0.1) is 11.7 Å². The number of anilines is 1. The SMILES string of the molecule is CC(CCO)CNC(=O)/C=C/C(=O)Nc1ccc(F)cc1. The van der Waals surface area contributed by atoms with E-state index in [-0.39, 0.29) is 24.2 Å². The van der Waals surface area contributed by atoms with Crippen LogP contribution in [0.1, 0.15) is 13.3 Å². The van der Waals surface area contributed by atoms with Crippen LogP contribution in [0.4, 0.5) is 10.1 Å². The highest BCUT2D eigenvalue weighted by Gasteiger charge is 2.03. The van der Waals surface area contributed by atoms with E-state index < -0.39 is 5.91 Å². The van der Waals surface area contributed by atoms with Gasteiger partial charge in [-0.3, -0.25) is 9.59 Å². The molecular formula is C15H19FN2O3. The fourth-order valence-electron chi connectivity index (χ4n) is 1.52. The van der Waals surface area contributed by atoms with E-state index in [9.17, 15) is 14.0 Å². The number of benzene rings is 1. The Morgan fingerprint density at radius 2 is 1.86 bits per heavy atom. The number of hydrogen-bond donors (Lipinski definition) is 3. The predicted octanol–water partition coefficient (Wildman–Crippen LogP) is 1.46. The highest BCUT2D eigenvalue weighted by atomic mass is 19.1. The second-order valence-electron chi connectivity index (χ2n) is 4.69. The summed E-state index contributed by atoms with van der Waals surface area (Å²) in [6.45, 7) is 2.41. The van der Waals surface area contributed by atoms with E-state index in [4.69, 9.17) is 5.11 Å². The van der Waals surface area contributed by atoms with Gasteiger partial charge in [0.15, 0.2) is 0 Å². The number of aliphatic hydroxyl groups is 1. The molecule has 0 aromatic heterocycles. The molecule has 1 unspecified atom stereocenters. The molecule has 0 fully saturated rings. The molecule has 0 aliphatic carbocycles. The molecule has 2 amide bonds. The van der Waals surface area contributed by atoms with Gasteiger partial charge in [-0.15, -0.1) is 0 Å². The van der Waals surface area contributed by atoms with Gasteiger partial charge in [0.1, 0.15) is 5.82 Å². The Balaban J connectivity index is 2.36. The summed E-state index contributed by atoms with van der Waals surface area (Å²) in [5.41, 5.74) is 0.447. The zero-order valence-corrected chi connectivity index (χ0v) is 11.8. The van der Waals surface area contributed by atoms with Crippen LogP contribution in [-0.2, 0) is 9.59 Å². The van der Waals surface area contributed by atoms with Crippen molar-refractivity contribution in [2.24, 2.45) is 5.92 Å². The number of amides is 2. The first-order chi connectivity index (χ1) is 10.0. The summed E-state index contributed by atoms with van der Waals surface area (Å²) < 4.78 is 12.7. The van der Waals surface area contributed by atoms with Crippen molar-refractivity contribution in [2.75, 3.05) is 18.5 Å². The predicted molar refractivity (Wildman–Crippen MR) is 78.0 cm³/mol. The van der Waals surface area contributed by atoms with E-state index in [0.717, 1.165) is 12.2 Å². The fourth-order valence-corrected chi connectivity index (χ4v) is 1.52. The Kier molecular flexibility index (Phi) is 7.11. The molecule has 0 heterocycles. The van der Waals surface area contributed by atoms with Gasteiger partial charge in [0.05, 0.1) is 0 Å². The molecule has 1 rings (SSSR count). The highest BCUT2D eigenvalue weighted by molar-refractivity contribution is 6.03. The summed E-state index contributed by atoms with van der Waals surface area (Å²) in [4.78, 5) is 23.0. The van der Waals surface area contributed by atoms with E-state index in [2.05, 4.69) is 10.6 Å². The fraction of sp³-hybridized carbons (Fsp3) is 0.333. The Labute approximate surface area is 122 Å². The molecule has 114 valence electrons. The minimum atomic E-state index is -0.472. The van der Waals surface area contributed by atoms with Gasteiger partial charge < -0.3 is 15.7 Å². The third-order valence-electron chi connectivity index (χ3n) is 2.74. The molecule has 0 radical (unpaired) electrons. The highest BCUT2D eigenvalue weighted by Crippen LogP contribution is 2.07. The van der Waals surface area contributed by atoms with Crippen LogP contribution in [0.3, 0.4) is 0 Å². The number of nitrogens with one attached hydrogen (secondary N) is 2. The zero-order chi connectivity index (χ0) is 15.7. The van der Waals surface area contributed by atoms with Crippen molar-refractivity contribution >= 4 is 17.5 Å². The molecule has 21 heavy (non-hydrogen) atoms. The lowest BCUT2D eigenvalue weighted by molar-refractivity contribution is -0.117. The van der Waals surface area contributed by atoms with Crippen molar-refractivity contribution < 1.29 is 19.1 Å². The van der Waals surface area contributed by atoms with Crippen LogP contribution in [0.2, 0.25) is 0 Å². The van der Waals surface area contributed by atoms with E-state index >= 15 is 0 Å². The van der Waals surface area contributed by atoms with Crippen LogP contribution in [-0.4, -0.2) is 30.1 Å². The normalized spacial score (nSPS) is 12.1. The average Bonchev–Trinajstić information content (AvgIpc) is 2.46. The van der Waals surface area contributed by atoms with Crippen molar-refractivity contribution in [1.82, 2.24) is 5.32 Å². The van der Waals surface area contributed by atoms with Gasteiger partial charge in [-0.25, -0.2) is 4.39 Å². The Morgan fingerprint density at radius 1 is 1.24 bits per heavy atom. The number of carbonyl (C=O) groups excluding carboxylic acids is 2.